The van der Waals surface area contributed by atoms with E-state index in [-0.39, 0.29) is 0 Å². The highest BCUT2D eigenvalue weighted by molar-refractivity contribution is 5.88. The van der Waals surface area contributed by atoms with Gasteiger partial charge in [0.25, 0.3) is 0 Å². The second kappa shape index (κ2) is 2.81. The molecule has 1 saturated carbocycles. The lowest BCUT2D eigenvalue weighted by molar-refractivity contribution is 0.202. The van der Waals surface area contributed by atoms with Crippen molar-refractivity contribution in [1.29, 1.82) is 0 Å². The first kappa shape index (κ1) is 4.45. The molecule has 11 heavy (non-hydrogen) atoms. The molecular formula is C8H14N2O. The van der Waals surface area contributed by atoms with Crippen LogP contribution in [0.4, 0.5) is 0 Å². The second-order valence-electron chi connectivity index (χ2n) is 3.26. The number of fused-ring (bicyclic) bond motifs is 3. The van der Waals surface area contributed by atoms with Crippen molar-refractivity contribution in [3.63, 3.8) is 0 Å². The van der Waals surface area contributed by atoms with E-state index in [1.165, 1.54) is 0 Å². The zero-order valence-corrected chi connectivity index (χ0v) is 6.34. The molecule has 62 valence electrons. The average Bonchev–Trinajstić information content (AvgIpc) is 2.16. The van der Waals surface area contributed by atoms with Crippen LogP contribution in [0.1, 0.15) is 23.4 Å². The Morgan fingerprint density at radius 2 is 2.73 bits per heavy atom. The number of rotatable bonds is 1. The molecule has 2 heterocycles. The van der Waals surface area contributed by atoms with Gasteiger partial charge in [-0.1, -0.05) is 5.16 Å². The summed E-state index contributed by atoms with van der Waals surface area (Å²) in [4.78, 5) is 4.48. The molecule has 2 saturated heterocycles. The first-order valence-corrected chi connectivity index (χ1v) is 4.03. The Labute approximate surface area is 71.0 Å². The summed E-state index contributed by atoms with van der Waals surface area (Å²) >= 11 is 0. The molecule has 3 fully saturated rings. The molecule has 3 nitrogen and oxygen atoms in total. The van der Waals surface area contributed by atoms with Crippen molar-refractivity contribution < 1.29 is 8.95 Å². The molecule has 0 aromatic carbocycles. The van der Waals surface area contributed by atoms with E-state index in [4.69, 9.17) is 4.11 Å². The molecule has 2 aliphatic heterocycles. The molecule has 1 aliphatic carbocycles. The summed E-state index contributed by atoms with van der Waals surface area (Å²) in [6.07, 6.45) is 3.10. The Hall–Kier alpha value is -0.570. The van der Waals surface area contributed by atoms with Crippen LogP contribution in [-0.2, 0) is 4.84 Å². The van der Waals surface area contributed by atoms with E-state index in [1.807, 2.05) is 0 Å². The lowest BCUT2D eigenvalue weighted by atomic mass is 9.80. The SMILES string of the molecule is [2H]C([2H])([2H])O/N=C1\C[C@H]2CC[C@@H]1CN2. The molecule has 3 heteroatoms. The summed E-state index contributed by atoms with van der Waals surface area (Å²) in [5.41, 5.74) is 0.913. The molecule has 0 spiro atoms. The summed E-state index contributed by atoms with van der Waals surface area (Å²) in [7, 11) is -2.41. The molecule has 0 unspecified atom stereocenters. The van der Waals surface area contributed by atoms with Gasteiger partial charge in [0, 0.05) is 24.9 Å². The number of piperidine rings is 2. The number of nitrogens with zero attached hydrogens (tertiary/aromatic N) is 1. The van der Waals surface area contributed by atoms with Gasteiger partial charge in [-0.3, -0.25) is 0 Å². The smallest absolute Gasteiger partial charge is 0.106 e. The maximum atomic E-state index is 6.87. The number of oxime groups is 1. The zero-order valence-electron chi connectivity index (χ0n) is 9.34. The predicted molar refractivity (Wildman–Crippen MR) is 43.6 cm³/mol. The minimum Gasteiger partial charge on any atom is -0.399 e. The summed E-state index contributed by atoms with van der Waals surface area (Å²) in [5, 5.41) is 7.12. The highest BCUT2D eigenvalue weighted by Crippen LogP contribution is 2.26. The van der Waals surface area contributed by atoms with E-state index >= 15 is 0 Å². The first-order chi connectivity index (χ1) is 6.54. The number of hydrogen-bond donors (Lipinski definition) is 1. The standard InChI is InChI=1S/C8H14N2O/c1-11-10-8-4-7-3-2-6(8)5-9-7/h6-7,9H,2-5H2,1H3/b10-8+/t6-,7-/m1/s1/i1D3. The van der Waals surface area contributed by atoms with Crippen molar-refractivity contribution in [2.45, 2.75) is 25.3 Å². The maximum Gasteiger partial charge on any atom is 0.106 e. The summed E-state index contributed by atoms with van der Waals surface area (Å²) in [6, 6.07) is 0.471. The minimum absolute atomic E-state index is 0.377. The Bertz CT molecular complexity index is 243. The molecule has 2 atom stereocenters. The largest absolute Gasteiger partial charge is 0.399 e. The van der Waals surface area contributed by atoms with E-state index < -0.39 is 7.04 Å². The van der Waals surface area contributed by atoms with Gasteiger partial charge in [0.2, 0.25) is 0 Å². The predicted octanol–water partition coefficient (Wildman–Crippen LogP) is 0.761. The molecule has 0 aromatic rings. The van der Waals surface area contributed by atoms with Crippen LogP contribution in [0.5, 0.6) is 0 Å². The molecule has 0 radical (unpaired) electrons. The van der Waals surface area contributed by atoms with Crippen molar-refractivity contribution in [3.05, 3.63) is 0 Å². The van der Waals surface area contributed by atoms with E-state index in [1.54, 1.807) is 0 Å². The van der Waals surface area contributed by atoms with Crippen LogP contribution in [-0.4, -0.2) is 25.3 Å². The third-order valence-electron chi connectivity index (χ3n) is 2.61. The Morgan fingerprint density at radius 3 is 3.27 bits per heavy atom. The molecule has 3 aliphatic rings. The highest BCUT2D eigenvalue weighted by Gasteiger charge is 2.32. The van der Waals surface area contributed by atoms with Gasteiger partial charge in [-0.25, -0.2) is 0 Å². The average molecular weight is 157 g/mol. The van der Waals surface area contributed by atoms with E-state index in [9.17, 15) is 0 Å². The van der Waals surface area contributed by atoms with Crippen LogP contribution >= 0.6 is 0 Å². The molecule has 0 amide bonds. The van der Waals surface area contributed by atoms with Crippen LogP contribution in [0.2, 0.25) is 0 Å². The fourth-order valence-corrected chi connectivity index (χ4v) is 1.96. The van der Waals surface area contributed by atoms with Crippen LogP contribution in [0.3, 0.4) is 0 Å². The second-order valence-corrected chi connectivity index (χ2v) is 3.26. The van der Waals surface area contributed by atoms with Crippen LogP contribution in [0.15, 0.2) is 5.16 Å². The summed E-state index contributed by atoms with van der Waals surface area (Å²) in [6.45, 7) is 0.911. The van der Waals surface area contributed by atoms with Gasteiger partial charge >= 0.3 is 0 Å². The Kier molecular flexibility index (Phi) is 1.14. The topological polar surface area (TPSA) is 33.6 Å². The van der Waals surface area contributed by atoms with Crippen molar-refractivity contribution in [2.24, 2.45) is 11.1 Å². The van der Waals surface area contributed by atoms with E-state index in [0.717, 1.165) is 31.5 Å². The number of nitrogens with one attached hydrogen (secondary N) is 1. The minimum atomic E-state index is -2.41. The quantitative estimate of drug-likeness (QED) is 0.570. The molecule has 3 rings (SSSR count). The van der Waals surface area contributed by atoms with Gasteiger partial charge in [-0.05, 0) is 12.8 Å². The normalized spacial score (nSPS) is 44.7. The molecule has 0 aromatic heterocycles. The van der Waals surface area contributed by atoms with E-state index in [2.05, 4.69) is 15.3 Å². The summed E-state index contributed by atoms with van der Waals surface area (Å²) < 4.78 is 20.6. The van der Waals surface area contributed by atoms with Crippen molar-refractivity contribution in [2.75, 3.05) is 13.6 Å². The Balaban J connectivity index is 1.98. The third kappa shape index (κ3) is 1.25. The Morgan fingerprint density at radius 1 is 1.73 bits per heavy atom. The van der Waals surface area contributed by atoms with Gasteiger partial charge in [-0.15, -0.1) is 0 Å². The zero-order chi connectivity index (χ0) is 10.2. The van der Waals surface area contributed by atoms with Crippen molar-refractivity contribution >= 4 is 5.71 Å². The fraction of sp³-hybridized carbons (Fsp3) is 0.875. The molecular weight excluding hydrogens is 140 g/mol. The lowest BCUT2D eigenvalue weighted by Crippen LogP contribution is -2.49. The molecule has 1 N–H and O–H groups in total. The maximum absolute atomic E-state index is 6.87. The lowest BCUT2D eigenvalue weighted by Gasteiger charge is -2.37. The van der Waals surface area contributed by atoms with E-state index in [0.29, 0.717) is 12.0 Å². The molecule has 2 bridgehead atoms. The monoisotopic (exact) mass is 157 g/mol. The van der Waals surface area contributed by atoms with Crippen LogP contribution in [0, 0.1) is 5.92 Å². The van der Waals surface area contributed by atoms with Gasteiger partial charge in [0.05, 0.1) is 9.82 Å². The first-order valence-electron chi connectivity index (χ1n) is 5.53. The fourth-order valence-electron chi connectivity index (χ4n) is 1.96. The van der Waals surface area contributed by atoms with Gasteiger partial charge in [0.15, 0.2) is 0 Å². The highest BCUT2D eigenvalue weighted by atomic mass is 16.6. The van der Waals surface area contributed by atoms with Gasteiger partial charge in [-0.2, -0.15) is 0 Å². The van der Waals surface area contributed by atoms with Crippen molar-refractivity contribution in [3.8, 4) is 0 Å². The third-order valence-corrected chi connectivity index (χ3v) is 2.61. The van der Waals surface area contributed by atoms with Gasteiger partial charge in [0.1, 0.15) is 7.04 Å². The summed E-state index contributed by atoms with van der Waals surface area (Å²) in [5.74, 6) is 0.377. The van der Waals surface area contributed by atoms with Crippen LogP contribution in [0.25, 0.3) is 0 Å². The number of hydrogen-bond acceptors (Lipinski definition) is 3. The van der Waals surface area contributed by atoms with Crippen LogP contribution < -0.4 is 5.32 Å². The van der Waals surface area contributed by atoms with Gasteiger partial charge < -0.3 is 10.2 Å². The van der Waals surface area contributed by atoms with Crippen molar-refractivity contribution in [1.82, 2.24) is 5.32 Å².